The van der Waals surface area contributed by atoms with E-state index in [0.29, 0.717) is 19.6 Å². The number of aliphatic hydroxyl groups is 1. The first-order valence-electron chi connectivity index (χ1n) is 8.59. The third-order valence-corrected chi connectivity index (χ3v) is 4.81. The van der Waals surface area contributed by atoms with Gasteiger partial charge >= 0.3 is 0 Å². The van der Waals surface area contributed by atoms with Crippen LogP contribution >= 0.6 is 0 Å². The van der Waals surface area contributed by atoms with E-state index in [1.807, 2.05) is 0 Å². The molecular formula is C18H32N2O4. The smallest absolute Gasteiger partial charge is 0.226 e. The van der Waals surface area contributed by atoms with Gasteiger partial charge in [0, 0.05) is 31.7 Å². The summed E-state index contributed by atoms with van der Waals surface area (Å²) >= 11 is 0. The molecule has 0 bridgehead atoms. The first kappa shape index (κ1) is 19.4. The van der Waals surface area contributed by atoms with Gasteiger partial charge in [-0.1, -0.05) is 11.6 Å². The molecule has 24 heavy (non-hydrogen) atoms. The molecule has 2 aliphatic heterocycles. The third-order valence-electron chi connectivity index (χ3n) is 4.81. The van der Waals surface area contributed by atoms with Gasteiger partial charge in [-0.2, -0.15) is 0 Å². The van der Waals surface area contributed by atoms with Crippen LogP contribution < -0.4 is 5.32 Å². The van der Waals surface area contributed by atoms with Gasteiger partial charge in [-0.15, -0.1) is 0 Å². The van der Waals surface area contributed by atoms with Crippen molar-refractivity contribution >= 4 is 5.91 Å². The van der Waals surface area contributed by atoms with E-state index in [1.54, 1.807) is 19.1 Å². The van der Waals surface area contributed by atoms with Gasteiger partial charge < -0.3 is 24.8 Å². The molecule has 3 atom stereocenters. The van der Waals surface area contributed by atoms with Crippen LogP contribution in [0, 0.1) is 0 Å². The molecule has 0 aromatic carbocycles. The molecule has 0 saturated carbocycles. The highest BCUT2D eigenvalue weighted by Gasteiger charge is 2.38. The Kier molecular flexibility index (Phi) is 5.75. The Balaban J connectivity index is 2.05. The second-order valence-electron chi connectivity index (χ2n) is 8.26. The van der Waals surface area contributed by atoms with Crippen molar-refractivity contribution in [3.05, 3.63) is 11.6 Å². The summed E-state index contributed by atoms with van der Waals surface area (Å²) < 4.78 is 10.7. The fraction of sp³-hybridized carbons (Fsp3) is 0.833. The molecule has 6 heteroatoms. The van der Waals surface area contributed by atoms with Crippen molar-refractivity contribution in [2.24, 2.45) is 0 Å². The molecule has 0 radical (unpaired) electrons. The lowest BCUT2D eigenvalue weighted by Gasteiger charge is -2.42. The van der Waals surface area contributed by atoms with E-state index in [1.165, 1.54) is 0 Å². The van der Waals surface area contributed by atoms with Gasteiger partial charge in [0.15, 0.2) is 0 Å². The van der Waals surface area contributed by atoms with Crippen LogP contribution in [-0.4, -0.2) is 72.6 Å². The van der Waals surface area contributed by atoms with Crippen LogP contribution in [0.4, 0.5) is 0 Å². The second-order valence-corrected chi connectivity index (χ2v) is 8.26. The lowest BCUT2D eigenvalue weighted by molar-refractivity contribution is -0.157. The Labute approximate surface area is 145 Å². The number of amides is 1. The predicted octanol–water partition coefficient (Wildman–Crippen LogP) is 1.09. The van der Waals surface area contributed by atoms with E-state index >= 15 is 0 Å². The predicted molar refractivity (Wildman–Crippen MR) is 92.8 cm³/mol. The first-order chi connectivity index (χ1) is 11.0. The molecule has 2 heterocycles. The Morgan fingerprint density at radius 2 is 2.08 bits per heavy atom. The molecular weight excluding hydrogens is 308 g/mol. The summed E-state index contributed by atoms with van der Waals surface area (Å²) in [6.45, 7) is 9.22. The number of carbonyl (C=O) groups is 1. The highest BCUT2D eigenvalue weighted by atomic mass is 16.5. The highest BCUT2D eigenvalue weighted by molar-refractivity contribution is 5.79. The van der Waals surface area contributed by atoms with Gasteiger partial charge in [0.25, 0.3) is 0 Å². The molecule has 0 aliphatic carbocycles. The summed E-state index contributed by atoms with van der Waals surface area (Å²) in [5, 5.41) is 14.0. The van der Waals surface area contributed by atoms with Crippen molar-refractivity contribution in [1.29, 1.82) is 0 Å². The quantitative estimate of drug-likeness (QED) is 0.750. The molecule has 1 amide bonds. The SMILES string of the molecule is CO[C@@H]1COC[C@@H](N(C)C(=O)CC2=CC(C)(C)NC(C)(C)C2)[C@@H]1O. The molecule has 2 aliphatic rings. The number of methoxy groups -OCH3 is 1. The molecule has 2 rings (SSSR count). The lowest BCUT2D eigenvalue weighted by atomic mass is 9.82. The summed E-state index contributed by atoms with van der Waals surface area (Å²) in [5.74, 6) is -0.000784. The largest absolute Gasteiger partial charge is 0.388 e. The van der Waals surface area contributed by atoms with Gasteiger partial charge in [-0.05, 0) is 34.1 Å². The number of rotatable bonds is 4. The van der Waals surface area contributed by atoms with Crippen LogP contribution in [0.2, 0.25) is 0 Å². The maximum absolute atomic E-state index is 12.7. The van der Waals surface area contributed by atoms with Crippen molar-refractivity contribution in [3.63, 3.8) is 0 Å². The molecule has 1 fully saturated rings. The maximum Gasteiger partial charge on any atom is 0.226 e. The molecule has 0 spiro atoms. The van der Waals surface area contributed by atoms with Crippen LogP contribution in [0.5, 0.6) is 0 Å². The van der Waals surface area contributed by atoms with Crippen molar-refractivity contribution in [3.8, 4) is 0 Å². The van der Waals surface area contributed by atoms with Crippen molar-refractivity contribution in [1.82, 2.24) is 10.2 Å². The van der Waals surface area contributed by atoms with E-state index in [0.717, 1.165) is 12.0 Å². The Morgan fingerprint density at radius 3 is 2.67 bits per heavy atom. The van der Waals surface area contributed by atoms with Crippen LogP contribution in [0.25, 0.3) is 0 Å². The number of hydrogen-bond acceptors (Lipinski definition) is 5. The van der Waals surface area contributed by atoms with Crippen molar-refractivity contribution in [2.45, 2.75) is 69.9 Å². The molecule has 6 nitrogen and oxygen atoms in total. The summed E-state index contributed by atoms with van der Waals surface area (Å²) in [6.07, 6.45) is 2.23. The van der Waals surface area contributed by atoms with Gasteiger partial charge in [-0.3, -0.25) is 4.79 Å². The highest BCUT2D eigenvalue weighted by Crippen LogP contribution is 2.30. The van der Waals surface area contributed by atoms with Crippen LogP contribution in [0.15, 0.2) is 11.6 Å². The van der Waals surface area contributed by atoms with E-state index in [4.69, 9.17) is 9.47 Å². The second kappa shape index (κ2) is 7.12. The number of aliphatic hydroxyl groups excluding tert-OH is 1. The Bertz CT molecular complexity index is 501. The normalized spacial score (nSPS) is 32.1. The van der Waals surface area contributed by atoms with Crippen LogP contribution in [0.1, 0.15) is 40.5 Å². The monoisotopic (exact) mass is 340 g/mol. The Morgan fingerprint density at radius 1 is 1.42 bits per heavy atom. The van der Waals surface area contributed by atoms with Crippen LogP contribution in [0.3, 0.4) is 0 Å². The van der Waals surface area contributed by atoms with E-state index in [9.17, 15) is 9.90 Å². The zero-order valence-corrected chi connectivity index (χ0v) is 15.8. The summed E-state index contributed by atoms with van der Waals surface area (Å²) in [7, 11) is 3.28. The average molecular weight is 340 g/mol. The van der Waals surface area contributed by atoms with E-state index in [-0.39, 0.29) is 23.0 Å². The molecule has 138 valence electrons. The van der Waals surface area contributed by atoms with Gasteiger partial charge in [0.1, 0.15) is 12.2 Å². The van der Waals surface area contributed by atoms with E-state index < -0.39 is 12.2 Å². The fourth-order valence-electron chi connectivity index (χ4n) is 4.00. The van der Waals surface area contributed by atoms with Gasteiger partial charge in [-0.25, -0.2) is 0 Å². The average Bonchev–Trinajstić information content (AvgIpc) is 2.43. The van der Waals surface area contributed by atoms with E-state index in [2.05, 4.69) is 39.1 Å². The number of nitrogens with one attached hydrogen (secondary N) is 1. The fourth-order valence-corrected chi connectivity index (χ4v) is 4.00. The topological polar surface area (TPSA) is 71.0 Å². The number of carbonyl (C=O) groups excluding carboxylic acids is 1. The number of hydrogen-bond donors (Lipinski definition) is 2. The molecule has 0 aromatic rings. The van der Waals surface area contributed by atoms with Gasteiger partial charge in [0.05, 0.1) is 19.3 Å². The lowest BCUT2D eigenvalue weighted by Crippen LogP contribution is -2.57. The minimum atomic E-state index is -0.729. The number of ether oxygens (including phenoxy) is 2. The molecule has 0 unspecified atom stereocenters. The summed E-state index contributed by atoms with van der Waals surface area (Å²) in [4.78, 5) is 14.3. The maximum atomic E-state index is 12.7. The zero-order valence-electron chi connectivity index (χ0n) is 15.8. The zero-order chi connectivity index (χ0) is 18.1. The Hall–Kier alpha value is -0.950. The minimum absolute atomic E-state index is 0.000784. The molecule has 0 aromatic heterocycles. The van der Waals surface area contributed by atoms with Crippen molar-refractivity contribution < 1.29 is 19.4 Å². The van der Waals surface area contributed by atoms with Crippen molar-refractivity contribution in [2.75, 3.05) is 27.4 Å². The standard InChI is InChI=1S/C18H32N2O4/c1-17(2)8-12(9-18(3,4)19-17)7-15(21)20(5)13-10-24-11-14(23-6)16(13)22/h8,13-14,16,19,22H,7,9-11H2,1-6H3/t13-,14-,16+/m1/s1. The summed E-state index contributed by atoms with van der Waals surface area (Å²) in [5.41, 5.74) is 0.959. The minimum Gasteiger partial charge on any atom is -0.388 e. The summed E-state index contributed by atoms with van der Waals surface area (Å²) in [6, 6.07) is -0.375. The first-order valence-corrected chi connectivity index (χ1v) is 8.59. The third kappa shape index (κ3) is 4.57. The van der Waals surface area contributed by atoms with Gasteiger partial charge in [0.2, 0.25) is 5.91 Å². The number of nitrogens with zero attached hydrogens (tertiary/aromatic N) is 1. The number of likely N-dealkylation sites (N-methyl/N-ethyl adjacent to an activating group) is 1. The van der Waals surface area contributed by atoms with Crippen LogP contribution in [-0.2, 0) is 14.3 Å². The molecule has 2 N–H and O–H groups in total. The molecule has 1 saturated heterocycles.